The first-order valence-electron chi connectivity index (χ1n) is 25.3. The molecule has 17 heteroatoms. The van der Waals surface area contributed by atoms with E-state index in [1.165, 1.54) is 45.1 Å². The Bertz CT molecular complexity index is 3310. The predicted octanol–water partition coefficient (Wildman–Crippen LogP) is 8.67. The molecule has 0 fully saturated rings. The number of anilines is 2. The summed E-state index contributed by atoms with van der Waals surface area (Å²) in [6.45, 7) is 15.5. The molecule has 0 saturated carbocycles. The van der Waals surface area contributed by atoms with E-state index in [1.807, 2.05) is 69.3 Å². The lowest BCUT2D eigenvalue weighted by atomic mass is 9.98. The Kier molecular flexibility index (Phi) is 15.8. The SMILES string of the molecule is COc1cc2c(cc1OC)CN(CCc1ccc(-n3nnc(-c4cc(C)c(C)cc4N)n3)cc1)CC2.COc1cc2c(cc1OC)CN(CCc1ccc(-n3nnc(-c4cc(C)c(C)cc4NC(C)=O)n3)cc1)CC2. The number of aromatic nitrogens is 8. The van der Waals surface area contributed by atoms with Crippen molar-refractivity contribution < 1.29 is 23.7 Å². The van der Waals surface area contributed by atoms with Crippen molar-refractivity contribution in [1.82, 2.24) is 50.2 Å². The van der Waals surface area contributed by atoms with Gasteiger partial charge in [-0.2, -0.15) is 0 Å². The first-order chi connectivity index (χ1) is 36.3. The van der Waals surface area contributed by atoms with E-state index >= 15 is 0 Å². The molecule has 10 rings (SSSR count). The van der Waals surface area contributed by atoms with Crippen LogP contribution < -0.4 is 30.0 Å². The lowest BCUT2D eigenvalue weighted by molar-refractivity contribution is -0.114. The summed E-state index contributed by atoms with van der Waals surface area (Å²) in [5.74, 6) is 4.01. The van der Waals surface area contributed by atoms with Crippen LogP contribution in [0.2, 0.25) is 0 Å². The number of aryl methyl sites for hydroxylation is 4. The van der Waals surface area contributed by atoms with Gasteiger partial charge in [0.1, 0.15) is 0 Å². The van der Waals surface area contributed by atoms with Crippen molar-refractivity contribution in [2.75, 3.05) is 65.7 Å². The number of carbonyl (C=O) groups is 1. The van der Waals surface area contributed by atoms with Crippen molar-refractivity contribution in [2.45, 2.75) is 73.4 Å². The van der Waals surface area contributed by atoms with Gasteiger partial charge < -0.3 is 30.0 Å². The number of fused-ring (bicyclic) bond motifs is 2. The van der Waals surface area contributed by atoms with Crippen LogP contribution in [-0.2, 0) is 43.6 Å². The molecule has 3 N–H and O–H groups in total. The second kappa shape index (κ2) is 22.9. The average Bonchev–Trinajstić information content (AvgIpc) is 4.13. The summed E-state index contributed by atoms with van der Waals surface area (Å²) in [4.78, 5) is 19.8. The molecule has 2 aliphatic rings. The Hall–Kier alpha value is -8.15. The highest BCUT2D eigenvalue weighted by molar-refractivity contribution is 5.93. The first-order valence-corrected chi connectivity index (χ1v) is 25.3. The molecular formula is C58H66N12O5. The molecule has 0 atom stereocenters. The fourth-order valence-electron chi connectivity index (χ4n) is 9.62. The topological polar surface area (TPSA) is 186 Å². The normalized spacial score (nSPS) is 13.3. The third kappa shape index (κ3) is 12.0. The van der Waals surface area contributed by atoms with Gasteiger partial charge in [0.05, 0.1) is 45.5 Å². The van der Waals surface area contributed by atoms with E-state index in [9.17, 15) is 4.79 Å². The monoisotopic (exact) mass is 1010 g/mol. The molecule has 0 aliphatic carbocycles. The van der Waals surface area contributed by atoms with E-state index < -0.39 is 0 Å². The summed E-state index contributed by atoms with van der Waals surface area (Å²) in [5, 5.41) is 29.1. The maximum atomic E-state index is 11.7. The smallest absolute Gasteiger partial charge is 0.221 e. The molecule has 388 valence electrons. The number of tetrazole rings is 2. The quantitative estimate of drug-likeness (QED) is 0.0930. The number of rotatable bonds is 15. The highest BCUT2D eigenvalue weighted by Gasteiger charge is 2.22. The summed E-state index contributed by atoms with van der Waals surface area (Å²) >= 11 is 0. The molecule has 2 aromatic heterocycles. The van der Waals surface area contributed by atoms with Crippen LogP contribution in [0.1, 0.15) is 62.6 Å². The van der Waals surface area contributed by atoms with E-state index in [4.69, 9.17) is 24.7 Å². The summed E-state index contributed by atoms with van der Waals surface area (Å²) in [6.07, 6.45) is 3.93. The van der Waals surface area contributed by atoms with Gasteiger partial charge in [-0.25, -0.2) is 0 Å². The Labute approximate surface area is 438 Å². The van der Waals surface area contributed by atoms with Crippen molar-refractivity contribution in [2.24, 2.45) is 0 Å². The molecule has 75 heavy (non-hydrogen) atoms. The molecule has 0 spiro atoms. The Morgan fingerprint density at radius 1 is 0.547 bits per heavy atom. The molecular weight excluding hydrogens is 945 g/mol. The lowest BCUT2D eigenvalue weighted by Gasteiger charge is -2.29. The second-order valence-corrected chi connectivity index (χ2v) is 19.3. The standard InChI is InChI=1S/C30H34N6O3.C28H32N6O2/c1-19-14-26(27(15-20(19)2)31-21(3)37)30-32-34-36(33-30)25-8-6-22(7-9-25)10-12-35-13-11-23-16-28(38-4)29(39-5)17-24(23)18-35;1-18-13-24(25(29)14-19(18)2)28-30-32-34(31-28)23-7-5-20(6-8-23)9-11-33-12-10-21-15-26(35-3)27(36-4)16-22(21)17-33/h6-9,14-17H,10-13,18H2,1-5H3,(H,31,37);5-8,13-16H,9-12,17,29H2,1-4H3. The second-order valence-electron chi connectivity index (χ2n) is 19.3. The number of nitrogens with zero attached hydrogens (tertiary/aromatic N) is 10. The number of benzene rings is 6. The maximum absolute atomic E-state index is 11.7. The molecule has 4 heterocycles. The molecule has 0 saturated heterocycles. The third-order valence-electron chi connectivity index (χ3n) is 14.3. The molecule has 1 amide bonds. The first kappa shape index (κ1) is 51.7. The number of nitrogen functional groups attached to an aromatic ring is 1. The van der Waals surface area contributed by atoms with Crippen molar-refractivity contribution in [3.05, 3.63) is 153 Å². The van der Waals surface area contributed by atoms with Crippen LogP contribution in [0.4, 0.5) is 11.4 Å². The van der Waals surface area contributed by atoms with Gasteiger partial charge in [-0.05, 0) is 192 Å². The zero-order chi connectivity index (χ0) is 52.8. The van der Waals surface area contributed by atoms with E-state index in [1.54, 1.807) is 33.2 Å². The van der Waals surface area contributed by atoms with E-state index in [0.29, 0.717) is 23.0 Å². The number of carbonyl (C=O) groups excluding carboxylic acids is 1. The van der Waals surface area contributed by atoms with Crippen LogP contribution in [0.15, 0.2) is 97.1 Å². The molecule has 0 unspecified atom stereocenters. The Morgan fingerprint density at radius 2 is 0.947 bits per heavy atom. The molecule has 17 nitrogen and oxygen atoms in total. The van der Waals surface area contributed by atoms with E-state index in [0.717, 1.165) is 133 Å². The minimum absolute atomic E-state index is 0.142. The summed E-state index contributed by atoms with van der Waals surface area (Å²) < 4.78 is 21.9. The zero-order valence-electron chi connectivity index (χ0n) is 44.4. The lowest BCUT2D eigenvalue weighted by Crippen LogP contribution is -2.32. The number of hydrogen-bond donors (Lipinski definition) is 2. The van der Waals surface area contributed by atoms with Crippen LogP contribution in [0.25, 0.3) is 34.2 Å². The van der Waals surface area contributed by atoms with Gasteiger partial charge in [0.15, 0.2) is 23.0 Å². The Morgan fingerprint density at radius 3 is 1.39 bits per heavy atom. The number of nitrogens with two attached hydrogens (primary N) is 1. The minimum Gasteiger partial charge on any atom is -0.493 e. The van der Waals surface area contributed by atoms with E-state index in [-0.39, 0.29) is 5.91 Å². The highest BCUT2D eigenvalue weighted by atomic mass is 16.5. The number of methoxy groups -OCH3 is 4. The molecule has 0 bridgehead atoms. The van der Waals surface area contributed by atoms with Gasteiger partial charge in [-0.1, -0.05) is 24.3 Å². The number of nitrogens with one attached hydrogen (secondary N) is 1. The zero-order valence-corrected chi connectivity index (χ0v) is 44.4. The molecule has 8 aromatic rings. The van der Waals surface area contributed by atoms with Gasteiger partial charge in [-0.15, -0.1) is 30.0 Å². The van der Waals surface area contributed by atoms with Crippen LogP contribution in [0, 0.1) is 27.7 Å². The number of hydrogen-bond acceptors (Lipinski definition) is 14. The van der Waals surface area contributed by atoms with Gasteiger partial charge >= 0.3 is 0 Å². The van der Waals surface area contributed by atoms with Crippen molar-refractivity contribution >= 4 is 17.3 Å². The van der Waals surface area contributed by atoms with Crippen molar-refractivity contribution in [3.63, 3.8) is 0 Å². The fourth-order valence-corrected chi connectivity index (χ4v) is 9.62. The predicted molar refractivity (Wildman–Crippen MR) is 291 cm³/mol. The number of amides is 1. The fraction of sp³-hybridized carbons (Fsp3) is 0.328. The van der Waals surface area contributed by atoms with Crippen molar-refractivity contribution in [1.29, 1.82) is 0 Å². The molecule has 0 radical (unpaired) electrons. The Balaban J connectivity index is 0.000000184. The number of ether oxygens (including phenoxy) is 4. The summed E-state index contributed by atoms with van der Waals surface area (Å²) in [5.41, 5.74) is 23.1. The average molecular weight is 1010 g/mol. The van der Waals surface area contributed by atoms with Gasteiger partial charge in [0.25, 0.3) is 0 Å². The van der Waals surface area contributed by atoms with Crippen LogP contribution >= 0.6 is 0 Å². The van der Waals surface area contributed by atoms with Crippen molar-refractivity contribution in [3.8, 4) is 57.1 Å². The molecule has 2 aliphatic heterocycles. The highest BCUT2D eigenvalue weighted by Crippen LogP contribution is 2.35. The van der Waals surface area contributed by atoms with Crippen LogP contribution in [0.3, 0.4) is 0 Å². The summed E-state index contributed by atoms with van der Waals surface area (Å²) in [7, 11) is 6.72. The van der Waals surface area contributed by atoms with Gasteiger partial charge in [-0.3, -0.25) is 14.6 Å². The van der Waals surface area contributed by atoms with Crippen LogP contribution in [0.5, 0.6) is 23.0 Å². The third-order valence-corrected chi connectivity index (χ3v) is 14.3. The van der Waals surface area contributed by atoms with Crippen LogP contribution in [-0.4, -0.2) is 111 Å². The largest absolute Gasteiger partial charge is 0.493 e. The molecule has 6 aromatic carbocycles. The minimum atomic E-state index is -0.142. The van der Waals surface area contributed by atoms with Gasteiger partial charge in [0, 0.05) is 63.0 Å². The van der Waals surface area contributed by atoms with Gasteiger partial charge in [0.2, 0.25) is 17.6 Å². The van der Waals surface area contributed by atoms with E-state index in [2.05, 4.69) is 101 Å². The summed E-state index contributed by atoms with van der Waals surface area (Å²) in [6, 6.07) is 32.9. The maximum Gasteiger partial charge on any atom is 0.221 e.